The number of aromatic amines is 1. The molecule has 20 heavy (non-hydrogen) atoms. The van der Waals surface area contributed by atoms with Crippen molar-refractivity contribution in [1.82, 2.24) is 9.29 Å². The summed E-state index contributed by atoms with van der Waals surface area (Å²) in [4.78, 5) is 5.18. The molecule has 7 heteroatoms. The predicted octanol–water partition coefficient (Wildman–Crippen LogP) is 1.39. The van der Waals surface area contributed by atoms with Crippen molar-refractivity contribution < 1.29 is 12.8 Å². The highest BCUT2D eigenvalue weighted by molar-refractivity contribution is 7.88. The third kappa shape index (κ3) is 2.38. The number of sulfonamides is 1. The van der Waals surface area contributed by atoms with Gasteiger partial charge in [-0.25, -0.2) is 12.8 Å². The maximum Gasteiger partial charge on any atom is 0.211 e. The fourth-order valence-corrected chi connectivity index (χ4v) is 3.43. The van der Waals surface area contributed by atoms with Gasteiger partial charge in [-0.05, 0) is 18.2 Å². The maximum atomic E-state index is 13.2. The number of H-pyrrole nitrogens is 1. The van der Waals surface area contributed by atoms with E-state index >= 15 is 0 Å². The van der Waals surface area contributed by atoms with Crippen LogP contribution in [-0.4, -0.2) is 50.1 Å². The number of hydrogen-bond acceptors (Lipinski definition) is 3. The van der Waals surface area contributed by atoms with Gasteiger partial charge in [-0.15, -0.1) is 0 Å². The number of nitrogens with zero attached hydrogens (tertiary/aromatic N) is 2. The molecule has 5 nitrogen and oxygen atoms in total. The van der Waals surface area contributed by atoms with E-state index in [0.29, 0.717) is 26.2 Å². The molecule has 1 aliphatic rings. The summed E-state index contributed by atoms with van der Waals surface area (Å²) in [5.41, 5.74) is 1.75. The van der Waals surface area contributed by atoms with E-state index in [1.807, 2.05) is 6.20 Å². The zero-order valence-corrected chi connectivity index (χ0v) is 12.0. The molecule has 0 aliphatic carbocycles. The van der Waals surface area contributed by atoms with Crippen LogP contribution in [0.5, 0.6) is 0 Å². The average molecular weight is 297 g/mol. The normalized spacial score (nSPS) is 17.8. The molecule has 0 atom stereocenters. The Labute approximate surface area is 117 Å². The van der Waals surface area contributed by atoms with E-state index in [-0.39, 0.29) is 5.82 Å². The molecule has 2 aromatic rings. The molecule has 0 saturated carbocycles. The first-order valence-electron chi connectivity index (χ1n) is 6.42. The van der Waals surface area contributed by atoms with Crippen LogP contribution >= 0.6 is 0 Å². The van der Waals surface area contributed by atoms with Gasteiger partial charge in [0.15, 0.2) is 0 Å². The Bertz CT molecular complexity index is 733. The Morgan fingerprint density at radius 3 is 2.55 bits per heavy atom. The highest BCUT2D eigenvalue weighted by Gasteiger charge is 2.24. The number of piperazine rings is 1. The number of nitrogens with one attached hydrogen (secondary N) is 1. The molecular weight excluding hydrogens is 281 g/mol. The quantitative estimate of drug-likeness (QED) is 0.911. The minimum Gasteiger partial charge on any atom is -0.367 e. The van der Waals surface area contributed by atoms with Gasteiger partial charge < -0.3 is 9.88 Å². The molecule has 3 rings (SSSR count). The van der Waals surface area contributed by atoms with Gasteiger partial charge in [-0.3, -0.25) is 0 Å². The van der Waals surface area contributed by atoms with E-state index in [2.05, 4.69) is 9.88 Å². The van der Waals surface area contributed by atoms with Crippen molar-refractivity contribution in [2.24, 2.45) is 0 Å². The highest BCUT2D eigenvalue weighted by atomic mass is 32.2. The minimum absolute atomic E-state index is 0.271. The number of rotatable bonds is 2. The molecule has 0 amide bonds. The van der Waals surface area contributed by atoms with Gasteiger partial charge >= 0.3 is 0 Å². The summed E-state index contributed by atoms with van der Waals surface area (Å²) in [5, 5.41) is 0.958. The van der Waals surface area contributed by atoms with Crippen molar-refractivity contribution in [2.75, 3.05) is 37.3 Å². The molecule has 1 saturated heterocycles. The van der Waals surface area contributed by atoms with Crippen LogP contribution in [0.15, 0.2) is 24.4 Å². The van der Waals surface area contributed by atoms with Crippen LogP contribution in [0, 0.1) is 5.82 Å². The van der Waals surface area contributed by atoms with Crippen molar-refractivity contribution in [1.29, 1.82) is 0 Å². The summed E-state index contributed by atoms with van der Waals surface area (Å²) < 4.78 is 37.6. The fraction of sp³-hybridized carbons (Fsp3) is 0.385. The highest BCUT2D eigenvalue weighted by Crippen LogP contribution is 2.28. The Morgan fingerprint density at radius 1 is 1.20 bits per heavy atom. The van der Waals surface area contributed by atoms with Crippen molar-refractivity contribution >= 4 is 26.6 Å². The Balaban J connectivity index is 1.84. The smallest absolute Gasteiger partial charge is 0.211 e. The first-order chi connectivity index (χ1) is 9.45. The van der Waals surface area contributed by atoms with E-state index in [1.54, 1.807) is 6.07 Å². The lowest BCUT2D eigenvalue weighted by Crippen LogP contribution is -2.48. The summed E-state index contributed by atoms with van der Waals surface area (Å²) in [7, 11) is -3.12. The van der Waals surface area contributed by atoms with Gasteiger partial charge in [0.1, 0.15) is 5.82 Å². The Morgan fingerprint density at radius 2 is 1.90 bits per heavy atom. The molecule has 1 fully saturated rings. The minimum atomic E-state index is -3.12. The average Bonchev–Trinajstić information content (AvgIpc) is 2.80. The van der Waals surface area contributed by atoms with Gasteiger partial charge in [0.2, 0.25) is 10.0 Å². The van der Waals surface area contributed by atoms with Crippen LogP contribution in [0.1, 0.15) is 0 Å². The first kappa shape index (κ1) is 13.4. The largest absolute Gasteiger partial charge is 0.367 e. The molecule has 1 aliphatic heterocycles. The van der Waals surface area contributed by atoms with Crippen LogP contribution in [0.2, 0.25) is 0 Å². The SMILES string of the molecule is CS(=O)(=O)N1CCN(c2c[nH]c3cc(F)ccc23)CC1. The molecule has 2 heterocycles. The van der Waals surface area contributed by atoms with Crippen LogP contribution in [0.25, 0.3) is 10.9 Å². The van der Waals surface area contributed by atoms with E-state index in [4.69, 9.17) is 0 Å². The zero-order valence-electron chi connectivity index (χ0n) is 11.1. The predicted molar refractivity (Wildman–Crippen MR) is 76.9 cm³/mol. The second kappa shape index (κ2) is 4.75. The van der Waals surface area contributed by atoms with Crippen molar-refractivity contribution in [3.8, 4) is 0 Å². The number of hydrogen-bond donors (Lipinski definition) is 1. The van der Waals surface area contributed by atoms with Gasteiger partial charge in [0, 0.05) is 37.8 Å². The van der Waals surface area contributed by atoms with Crippen LogP contribution < -0.4 is 4.90 Å². The van der Waals surface area contributed by atoms with Crippen molar-refractivity contribution in [2.45, 2.75) is 0 Å². The number of benzene rings is 1. The lowest BCUT2D eigenvalue weighted by atomic mass is 10.2. The number of halogens is 1. The second-order valence-corrected chi connectivity index (χ2v) is 7.00. The van der Waals surface area contributed by atoms with Crippen molar-refractivity contribution in [3.63, 3.8) is 0 Å². The summed E-state index contributed by atoms with van der Waals surface area (Å²) in [6.45, 7) is 2.23. The zero-order chi connectivity index (χ0) is 14.3. The molecule has 1 N–H and O–H groups in total. The van der Waals surface area contributed by atoms with Gasteiger partial charge in [-0.1, -0.05) is 0 Å². The summed E-state index contributed by atoms with van der Waals surface area (Å²) in [6.07, 6.45) is 3.08. The van der Waals surface area contributed by atoms with Crippen LogP contribution in [-0.2, 0) is 10.0 Å². The molecule has 0 unspecified atom stereocenters. The van der Waals surface area contributed by atoms with Crippen LogP contribution in [0.4, 0.5) is 10.1 Å². The number of anilines is 1. The fourth-order valence-electron chi connectivity index (χ4n) is 2.61. The summed E-state index contributed by atoms with van der Waals surface area (Å²) in [5.74, 6) is -0.271. The number of fused-ring (bicyclic) bond motifs is 1. The van der Waals surface area contributed by atoms with Crippen LogP contribution in [0.3, 0.4) is 0 Å². The molecule has 0 radical (unpaired) electrons. The maximum absolute atomic E-state index is 13.2. The standard InChI is InChI=1S/C13H16FN3O2S/c1-20(18,19)17-6-4-16(5-7-17)13-9-15-12-8-10(14)2-3-11(12)13/h2-3,8-9,15H,4-7H2,1H3. The van der Waals surface area contributed by atoms with Gasteiger partial charge in [0.25, 0.3) is 0 Å². The lowest BCUT2D eigenvalue weighted by molar-refractivity contribution is 0.388. The molecule has 108 valence electrons. The monoisotopic (exact) mass is 297 g/mol. The van der Waals surface area contributed by atoms with Gasteiger partial charge in [0.05, 0.1) is 17.5 Å². The molecule has 0 bridgehead atoms. The van der Waals surface area contributed by atoms with E-state index in [1.165, 1.54) is 22.7 Å². The first-order valence-corrected chi connectivity index (χ1v) is 8.27. The Kier molecular flexibility index (Phi) is 3.18. The molecule has 1 aromatic heterocycles. The third-order valence-corrected chi connectivity index (χ3v) is 4.97. The Hall–Kier alpha value is -1.60. The molecule has 1 aromatic carbocycles. The summed E-state index contributed by atoms with van der Waals surface area (Å²) >= 11 is 0. The number of aromatic nitrogens is 1. The lowest BCUT2D eigenvalue weighted by Gasteiger charge is -2.34. The summed E-state index contributed by atoms with van der Waals surface area (Å²) in [6, 6.07) is 4.65. The molecule has 0 spiro atoms. The molecular formula is C13H16FN3O2S. The topological polar surface area (TPSA) is 56.4 Å². The van der Waals surface area contributed by atoms with Crippen molar-refractivity contribution in [3.05, 3.63) is 30.2 Å². The van der Waals surface area contributed by atoms with E-state index in [9.17, 15) is 12.8 Å². The van der Waals surface area contributed by atoms with Gasteiger partial charge in [-0.2, -0.15) is 4.31 Å². The van der Waals surface area contributed by atoms with E-state index in [0.717, 1.165) is 16.6 Å². The third-order valence-electron chi connectivity index (χ3n) is 3.67. The second-order valence-electron chi connectivity index (χ2n) is 5.01. The van der Waals surface area contributed by atoms with E-state index < -0.39 is 10.0 Å².